The van der Waals surface area contributed by atoms with Crippen LogP contribution in [0.1, 0.15) is 25.0 Å². The lowest BCUT2D eigenvalue weighted by atomic mass is 10.1. The summed E-state index contributed by atoms with van der Waals surface area (Å²) in [6.45, 7) is 10.7. The molecule has 2 radical (unpaired) electrons. The van der Waals surface area contributed by atoms with Gasteiger partial charge in [-0.2, -0.15) is 0 Å². The second-order valence-electron chi connectivity index (χ2n) is 4.85. The molecule has 0 aliphatic heterocycles. The average molecular weight is 235 g/mol. The second-order valence-corrected chi connectivity index (χ2v) is 8.70. The highest BCUT2D eigenvalue weighted by atomic mass is 31.2. The van der Waals surface area contributed by atoms with Crippen molar-refractivity contribution in [2.75, 3.05) is 13.8 Å². The van der Waals surface area contributed by atoms with Crippen molar-refractivity contribution in [3.05, 3.63) is 23.3 Å². The molecule has 1 rings (SSSR count). The SMILES string of the molecule is [B][P+](C)(c1cc(C)c(OC)c(C)c1)C(C)C. The van der Waals surface area contributed by atoms with Gasteiger partial charge in [0.2, 0.25) is 0 Å². The summed E-state index contributed by atoms with van der Waals surface area (Å²) in [6, 6.07) is 4.36. The van der Waals surface area contributed by atoms with Crippen LogP contribution in [0.3, 0.4) is 0 Å². The molecule has 86 valence electrons. The van der Waals surface area contributed by atoms with E-state index in [0.29, 0.717) is 5.66 Å². The van der Waals surface area contributed by atoms with E-state index in [-0.39, 0.29) is 0 Å². The van der Waals surface area contributed by atoms with Crippen LogP contribution in [0.2, 0.25) is 0 Å². The van der Waals surface area contributed by atoms with Gasteiger partial charge in [-0.3, -0.25) is 0 Å². The maximum Gasteiger partial charge on any atom is 0.371 e. The summed E-state index contributed by atoms with van der Waals surface area (Å²) < 4.78 is 5.38. The summed E-state index contributed by atoms with van der Waals surface area (Å²) in [6.07, 6.45) is 0. The Kier molecular flexibility index (Phi) is 4.07. The molecule has 0 aliphatic carbocycles. The molecule has 1 nitrogen and oxygen atoms in total. The molecular formula is C13H21BOP+. The molecule has 0 aromatic heterocycles. The summed E-state index contributed by atoms with van der Waals surface area (Å²) in [7, 11) is 6.69. The largest absolute Gasteiger partial charge is 0.496 e. The molecule has 0 saturated heterocycles. The maximum absolute atomic E-state index is 6.48. The summed E-state index contributed by atoms with van der Waals surface area (Å²) in [5.41, 5.74) is 2.87. The lowest BCUT2D eigenvalue weighted by Crippen LogP contribution is -2.19. The predicted octanol–water partition coefficient (Wildman–Crippen LogP) is 3.08. The molecule has 16 heavy (non-hydrogen) atoms. The Balaban J connectivity index is 3.29. The lowest BCUT2D eigenvalue weighted by molar-refractivity contribution is 0.408. The predicted molar refractivity (Wildman–Crippen MR) is 75.8 cm³/mol. The van der Waals surface area contributed by atoms with E-state index in [4.69, 9.17) is 12.3 Å². The molecule has 0 aliphatic rings. The molecular weight excluding hydrogens is 214 g/mol. The van der Waals surface area contributed by atoms with Gasteiger partial charge in [-0.1, -0.05) is 0 Å². The quantitative estimate of drug-likeness (QED) is 0.577. The first-order valence-corrected chi connectivity index (χ1v) is 7.98. The van der Waals surface area contributed by atoms with Gasteiger partial charge >= 0.3 is 7.57 Å². The van der Waals surface area contributed by atoms with Crippen LogP contribution in [-0.2, 0) is 0 Å². The van der Waals surface area contributed by atoms with Crippen molar-refractivity contribution < 1.29 is 4.74 Å². The number of aryl methyl sites for hydroxylation is 2. The second kappa shape index (κ2) is 4.79. The number of hydrogen-bond donors (Lipinski definition) is 0. The van der Waals surface area contributed by atoms with Gasteiger partial charge in [0.15, 0.2) is 0 Å². The first-order chi connectivity index (χ1) is 7.30. The molecule has 1 unspecified atom stereocenters. The molecule has 1 aromatic rings. The van der Waals surface area contributed by atoms with Gasteiger partial charge in [0.25, 0.3) is 0 Å². The van der Waals surface area contributed by atoms with Gasteiger partial charge in [-0.05, 0) is 58.1 Å². The Hall–Kier alpha value is -0.485. The highest BCUT2D eigenvalue weighted by Crippen LogP contribution is 2.53. The zero-order valence-corrected chi connectivity index (χ0v) is 12.1. The van der Waals surface area contributed by atoms with Crippen LogP contribution in [0, 0.1) is 13.8 Å². The van der Waals surface area contributed by atoms with Crippen molar-refractivity contribution in [3.63, 3.8) is 0 Å². The molecule has 0 amide bonds. The highest BCUT2D eigenvalue weighted by Gasteiger charge is 2.33. The molecule has 1 atom stereocenters. The minimum Gasteiger partial charge on any atom is -0.496 e. The number of hydrogen-bond acceptors (Lipinski definition) is 1. The fourth-order valence-corrected chi connectivity index (χ4v) is 3.37. The van der Waals surface area contributed by atoms with Crippen LogP contribution in [0.5, 0.6) is 5.75 Å². The number of methoxy groups -OCH3 is 1. The van der Waals surface area contributed by atoms with E-state index in [1.165, 1.54) is 16.4 Å². The summed E-state index contributed by atoms with van der Waals surface area (Å²) in [5.74, 6) is 0.979. The van der Waals surface area contributed by atoms with Gasteiger partial charge < -0.3 is 4.74 Å². The first kappa shape index (κ1) is 13.6. The molecule has 1 aromatic carbocycles. The van der Waals surface area contributed by atoms with Crippen LogP contribution in [0.25, 0.3) is 0 Å². The average Bonchev–Trinajstić information content (AvgIpc) is 2.16. The highest BCUT2D eigenvalue weighted by molar-refractivity contribution is 8.03. The third-order valence-electron chi connectivity index (χ3n) is 3.28. The van der Waals surface area contributed by atoms with Crippen LogP contribution in [-0.4, -0.2) is 27.0 Å². The number of rotatable bonds is 3. The zero-order valence-electron chi connectivity index (χ0n) is 11.2. The van der Waals surface area contributed by atoms with Gasteiger partial charge in [0, 0.05) is 6.66 Å². The van der Waals surface area contributed by atoms with Crippen molar-refractivity contribution in [2.24, 2.45) is 0 Å². The Labute approximate surface area is 101 Å². The van der Waals surface area contributed by atoms with E-state index in [1.807, 2.05) is 0 Å². The number of ether oxygens (including phenoxy) is 1. The van der Waals surface area contributed by atoms with Crippen LogP contribution in [0.15, 0.2) is 12.1 Å². The van der Waals surface area contributed by atoms with Crippen molar-refractivity contribution in [1.82, 2.24) is 0 Å². The molecule has 0 heterocycles. The fraction of sp³-hybridized carbons (Fsp3) is 0.538. The molecule has 0 spiro atoms. The Morgan fingerprint density at radius 1 is 1.19 bits per heavy atom. The monoisotopic (exact) mass is 235 g/mol. The van der Waals surface area contributed by atoms with Crippen molar-refractivity contribution in [2.45, 2.75) is 33.4 Å². The third-order valence-corrected chi connectivity index (χ3v) is 6.79. The third kappa shape index (κ3) is 2.43. The Morgan fingerprint density at radius 2 is 1.62 bits per heavy atom. The molecule has 0 N–H and O–H groups in total. The van der Waals surface area contributed by atoms with Crippen molar-refractivity contribution in [3.8, 4) is 5.75 Å². The molecule has 0 bridgehead atoms. The zero-order chi connectivity index (χ0) is 12.5. The minimum atomic E-state index is -1.51. The van der Waals surface area contributed by atoms with Crippen LogP contribution in [0.4, 0.5) is 0 Å². The van der Waals surface area contributed by atoms with E-state index in [1.54, 1.807) is 7.11 Å². The molecule has 0 saturated carbocycles. The Bertz CT molecular complexity index is 363. The topological polar surface area (TPSA) is 9.23 Å². The van der Waals surface area contributed by atoms with E-state index in [2.05, 4.69) is 46.5 Å². The van der Waals surface area contributed by atoms with Gasteiger partial charge in [-0.25, -0.2) is 0 Å². The number of benzene rings is 1. The van der Waals surface area contributed by atoms with Crippen molar-refractivity contribution in [1.29, 1.82) is 0 Å². The van der Waals surface area contributed by atoms with E-state index in [0.717, 1.165) is 5.75 Å². The normalized spacial score (nSPS) is 14.9. The van der Waals surface area contributed by atoms with Crippen molar-refractivity contribution >= 4 is 20.0 Å². The van der Waals surface area contributed by atoms with E-state index in [9.17, 15) is 0 Å². The van der Waals surface area contributed by atoms with E-state index < -0.39 is 7.14 Å². The lowest BCUT2D eigenvalue weighted by Gasteiger charge is -2.24. The van der Waals surface area contributed by atoms with Gasteiger partial charge in [0.05, 0.1) is 18.1 Å². The van der Waals surface area contributed by atoms with E-state index >= 15 is 0 Å². The standard InChI is InChI=1S/C13H21BOP/c1-9(2)16(6,14)12-7-10(3)13(15-5)11(4)8-12/h7-9H,1-6H3/q+1. The molecule has 0 fully saturated rings. The summed E-state index contributed by atoms with van der Waals surface area (Å²) >= 11 is 0. The smallest absolute Gasteiger partial charge is 0.371 e. The fourth-order valence-electron chi connectivity index (χ4n) is 1.83. The van der Waals surface area contributed by atoms with Crippen LogP contribution < -0.4 is 10.0 Å². The maximum atomic E-state index is 6.48. The minimum absolute atomic E-state index is 0.514. The van der Waals surface area contributed by atoms with Gasteiger partial charge in [0.1, 0.15) is 5.75 Å². The van der Waals surface area contributed by atoms with Crippen LogP contribution >= 0.6 is 7.14 Å². The first-order valence-electron chi connectivity index (χ1n) is 5.61. The summed E-state index contributed by atoms with van der Waals surface area (Å²) in [5, 5.41) is 1.29. The molecule has 3 heteroatoms. The Morgan fingerprint density at radius 3 is 1.94 bits per heavy atom. The summed E-state index contributed by atoms with van der Waals surface area (Å²) in [4.78, 5) is 0. The van der Waals surface area contributed by atoms with Gasteiger partial charge in [-0.15, -0.1) is 0 Å².